The SMILES string of the molecule is COCC(=C(B(c1ccc2ccccc2c1)c1ccc2ccccc2c1)c1ccc2ccccc2c1)c1ccc(C(COC)=C(B(c2ccc3ccccc3c2)c2ccc3ccccc3c2)c2ccc3ccccc3c2)cc1. The van der Waals surface area contributed by atoms with E-state index < -0.39 is 0 Å². The quantitative estimate of drug-likeness (QED) is 0.0798. The molecule has 0 aliphatic rings. The number of hydrogen-bond donors (Lipinski definition) is 0. The van der Waals surface area contributed by atoms with Crippen molar-refractivity contribution in [2.45, 2.75) is 0 Å². The second kappa shape index (κ2) is 21.5. The van der Waals surface area contributed by atoms with Crippen LogP contribution >= 0.6 is 0 Å². The van der Waals surface area contributed by atoms with Crippen LogP contribution in [0.1, 0.15) is 22.3 Å². The summed E-state index contributed by atoms with van der Waals surface area (Å²) in [7, 11) is 3.64. The van der Waals surface area contributed by atoms with Gasteiger partial charge in [-0.05, 0) is 110 Å². The Labute approximate surface area is 457 Å². The molecular formula is C74H56B2O2. The van der Waals surface area contributed by atoms with Crippen molar-refractivity contribution in [1.82, 2.24) is 0 Å². The largest absolute Gasteiger partial charge is 0.380 e. The second-order valence-electron chi connectivity index (χ2n) is 20.6. The zero-order chi connectivity index (χ0) is 52.4. The second-order valence-corrected chi connectivity index (χ2v) is 20.6. The van der Waals surface area contributed by atoms with Gasteiger partial charge in [-0.2, -0.15) is 0 Å². The molecule has 78 heavy (non-hydrogen) atoms. The molecule has 0 aliphatic carbocycles. The summed E-state index contributed by atoms with van der Waals surface area (Å²) in [5.74, 6) is 0. The van der Waals surface area contributed by atoms with Crippen molar-refractivity contribution in [2.24, 2.45) is 0 Å². The van der Waals surface area contributed by atoms with Crippen LogP contribution in [0.5, 0.6) is 0 Å². The molecule has 0 saturated carbocycles. The lowest BCUT2D eigenvalue weighted by Gasteiger charge is -2.26. The van der Waals surface area contributed by atoms with Gasteiger partial charge in [-0.3, -0.25) is 0 Å². The predicted molar refractivity (Wildman–Crippen MR) is 338 cm³/mol. The molecule has 13 aromatic rings. The van der Waals surface area contributed by atoms with Crippen molar-refractivity contribution in [1.29, 1.82) is 0 Å². The van der Waals surface area contributed by atoms with Crippen molar-refractivity contribution in [3.8, 4) is 0 Å². The van der Waals surface area contributed by atoms with E-state index in [0.29, 0.717) is 13.2 Å². The van der Waals surface area contributed by atoms with Crippen LogP contribution in [0, 0.1) is 0 Å². The fourth-order valence-corrected chi connectivity index (χ4v) is 12.1. The molecule has 0 atom stereocenters. The maximum absolute atomic E-state index is 6.36. The highest BCUT2D eigenvalue weighted by Gasteiger charge is 2.32. The Kier molecular flexibility index (Phi) is 13.4. The third kappa shape index (κ3) is 9.51. The van der Waals surface area contributed by atoms with E-state index in [1.165, 1.54) is 97.4 Å². The molecule has 0 amide bonds. The van der Waals surface area contributed by atoms with Crippen LogP contribution < -0.4 is 21.9 Å². The molecule has 0 heterocycles. The normalized spacial score (nSPS) is 12.3. The number of benzene rings is 13. The van der Waals surface area contributed by atoms with Gasteiger partial charge in [0.1, 0.15) is 0 Å². The monoisotopic (exact) mass is 998 g/mol. The zero-order valence-corrected chi connectivity index (χ0v) is 43.9. The molecule has 2 nitrogen and oxygen atoms in total. The molecule has 370 valence electrons. The maximum atomic E-state index is 6.36. The Balaban J connectivity index is 1.07. The average Bonchev–Trinajstić information content (AvgIpc) is 3.53. The lowest BCUT2D eigenvalue weighted by Crippen LogP contribution is -2.44. The highest BCUT2D eigenvalue weighted by molar-refractivity contribution is 7.01. The summed E-state index contributed by atoms with van der Waals surface area (Å²) < 4.78 is 12.7. The third-order valence-electron chi connectivity index (χ3n) is 15.9. The van der Waals surface area contributed by atoms with Crippen LogP contribution in [0.15, 0.2) is 279 Å². The van der Waals surface area contributed by atoms with Crippen LogP contribution in [0.25, 0.3) is 86.7 Å². The van der Waals surface area contributed by atoms with E-state index in [-0.39, 0.29) is 13.4 Å². The number of methoxy groups -OCH3 is 2. The minimum absolute atomic E-state index is 0.154. The molecule has 4 heteroatoms. The molecule has 0 fully saturated rings. The summed E-state index contributed by atoms with van der Waals surface area (Å²) >= 11 is 0. The molecular weight excluding hydrogens is 942 g/mol. The van der Waals surface area contributed by atoms with E-state index >= 15 is 0 Å². The topological polar surface area (TPSA) is 18.5 Å². The van der Waals surface area contributed by atoms with Gasteiger partial charge in [0.05, 0.1) is 13.2 Å². The van der Waals surface area contributed by atoms with Crippen molar-refractivity contribution in [3.63, 3.8) is 0 Å². The molecule has 0 bridgehead atoms. The van der Waals surface area contributed by atoms with E-state index in [1.807, 2.05) is 14.2 Å². The fraction of sp³-hybridized carbons (Fsp3) is 0.0541. The first-order valence-electron chi connectivity index (χ1n) is 27.0. The van der Waals surface area contributed by atoms with Gasteiger partial charge in [-0.15, -0.1) is 0 Å². The summed E-state index contributed by atoms with van der Waals surface area (Å²) in [6.07, 6.45) is 0. The first kappa shape index (κ1) is 48.6. The highest BCUT2D eigenvalue weighted by Crippen LogP contribution is 2.36. The van der Waals surface area contributed by atoms with E-state index in [1.54, 1.807) is 0 Å². The van der Waals surface area contributed by atoms with Crippen molar-refractivity contribution < 1.29 is 9.47 Å². The fourth-order valence-electron chi connectivity index (χ4n) is 12.1. The smallest absolute Gasteiger partial charge is 0.242 e. The molecule has 0 aromatic heterocycles. The van der Waals surface area contributed by atoms with Crippen LogP contribution in [0.2, 0.25) is 0 Å². The zero-order valence-electron chi connectivity index (χ0n) is 43.9. The molecule has 0 spiro atoms. The Morgan fingerprint density at radius 3 is 0.718 bits per heavy atom. The summed E-state index contributed by atoms with van der Waals surface area (Å²) in [6.45, 7) is 0.486. The highest BCUT2D eigenvalue weighted by atomic mass is 16.5. The van der Waals surface area contributed by atoms with Crippen LogP contribution in [0.3, 0.4) is 0 Å². The molecule has 0 radical (unpaired) electrons. The Bertz CT molecular complexity index is 4000. The first-order chi connectivity index (χ1) is 38.6. The van der Waals surface area contributed by atoms with Gasteiger partial charge >= 0.3 is 0 Å². The van der Waals surface area contributed by atoms with Crippen molar-refractivity contribution in [2.75, 3.05) is 27.4 Å². The standard InChI is InChI=1S/C74H56B2O2/c1-77-49-71(73(65-33-27-51-15-3-9-21-59(51)43-65)75(67-39-35-53-17-5-11-23-61(53)45-67)68-40-36-54-18-6-12-24-62(54)46-68)57-29-31-58(32-30-57)72(50-78-2)74(66-34-28-52-16-4-10-22-60(52)44-66)76(69-41-37-55-19-7-13-25-63(55)47-69)70-42-38-56-20-8-14-26-64(56)48-70/h3-48H,49-50H2,1-2H3. The van der Waals surface area contributed by atoms with Gasteiger partial charge < -0.3 is 9.47 Å². The Morgan fingerprint density at radius 1 is 0.244 bits per heavy atom. The van der Waals surface area contributed by atoms with E-state index in [9.17, 15) is 0 Å². The van der Waals surface area contributed by atoms with E-state index in [0.717, 1.165) is 33.4 Å². The Morgan fingerprint density at radius 2 is 0.462 bits per heavy atom. The van der Waals surface area contributed by atoms with Gasteiger partial charge in [0.15, 0.2) is 0 Å². The molecule has 0 saturated heterocycles. The van der Waals surface area contributed by atoms with E-state index in [2.05, 4.69) is 279 Å². The number of ether oxygens (including phenoxy) is 2. The molecule has 0 aliphatic heterocycles. The summed E-state index contributed by atoms with van der Waals surface area (Å²) in [5.41, 5.74) is 14.0. The first-order valence-corrected chi connectivity index (χ1v) is 27.0. The number of hydrogen-bond acceptors (Lipinski definition) is 2. The Hall–Kier alpha value is -9.05. The maximum Gasteiger partial charge on any atom is 0.242 e. The van der Waals surface area contributed by atoms with Crippen molar-refractivity contribution >= 4 is 122 Å². The summed E-state index contributed by atoms with van der Waals surface area (Å²) in [5, 5.41) is 14.5. The summed E-state index contributed by atoms with van der Waals surface area (Å²) in [6, 6.07) is 103. The minimum atomic E-state index is -0.154. The molecule has 0 N–H and O–H groups in total. The molecule has 13 aromatic carbocycles. The van der Waals surface area contributed by atoms with E-state index in [4.69, 9.17) is 9.47 Å². The summed E-state index contributed by atoms with van der Waals surface area (Å²) in [4.78, 5) is 0. The van der Waals surface area contributed by atoms with Gasteiger partial charge in [0.2, 0.25) is 13.4 Å². The third-order valence-corrected chi connectivity index (χ3v) is 15.9. The van der Waals surface area contributed by atoms with Crippen LogP contribution in [0.4, 0.5) is 0 Å². The van der Waals surface area contributed by atoms with Gasteiger partial charge in [0.25, 0.3) is 0 Å². The van der Waals surface area contributed by atoms with Crippen molar-refractivity contribution in [3.05, 3.63) is 301 Å². The van der Waals surface area contributed by atoms with Crippen LogP contribution in [-0.2, 0) is 9.47 Å². The van der Waals surface area contributed by atoms with Gasteiger partial charge in [-0.25, -0.2) is 0 Å². The minimum Gasteiger partial charge on any atom is -0.380 e. The number of fused-ring (bicyclic) bond motifs is 6. The van der Waals surface area contributed by atoms with Gasteiger partial charge in [-0.1, -0.05) is 300 Å². The predicted octanol–water partition coefficient (Wildman–Crippen LogP) is 15.4. The average molecular weight is 999 g/mol. The lowest BCUT2D eigenvalue weighted by molar-refractivity contribution is 0.240. The molecule has 13 rings (SSSR count). The lowest BCUT2D eigenvalue weighted by atomic mass is 9.34. The molecule has 0 unspecified atom stereocenters. The number of rotatable bonds is 14. The van der Waals surface area contributed by atoms with Crippen LogP contribution in [-0.4, -0.2) is 40.9 Å². The van der Waals surface area contributed by atoms with Gasteiger partial charge in [0, 0.05) is 14.2 Å².